The predicted molar refractivity (Wildman–Crippen MR) is 65.3 cm³/mol. The molecule has 1 aliphatic heterocycles. The summed E-state index contributed by atoms with van der Waals surface area (Å²) in [5.41, 5.74) is 0.515. The molecular weight excluding hydrogens is 232 g/mol. The average Bonchev–Trinajstić information content (AvgIpc) is 2.37. The van der Waals surface area contributed by atoms with Crippen LogP contribution in [-0.2, 0) is 14.3 Å². The highest BCUT2D eigenvalue weighted by Gasteiger charge is 2.38. The number of ether oxygens (including phenoxy) is 1. The van der Waals surface area contributed by atoms with Crippen LogP contribution in [0.3, 0.4) is 0 Å². The minimum atomic E-state index is -0.625. The zero-order chi connectivity index (χ0) is 13.7. The van der Waals surface area contributed by atoms with Gasteiger partial charge in [-0.2, -0.15) is 5.26 Å². The summed E-state index contributed by atoms with van der Waals surface area (Å²) in [6.45, 7) is 5.82. The lowest BCUT2D eigenvalue weighted by Crippen LogP contribution is -2.50. The summed E-state index contributed by atoms with van der Waals surface area (Å²) in [5.74, 6) is -0.928. The van der Waals surface area contributed by atoms with Crippen molar-refractivity contribution in [3.05, 3.63) is 11.8 Å². The molecule has 0 unspecified atom stereocenters. The first-order valence-electron chi connectivity index (χ1n) is 6.05. The van der Waals surface area contributed by atoms with Gasteiger partial charge >= 0.3 is 5.97 Å². The van der Waals surface area contributed by atoms with Crippen molar-refractivity contribution in [1.29, 1.82) is 5.26 Å². The Labute approximate surface area is 107 Å². The third kappa shape index (κ3) is 2.89. The molecule has 0 aromatic carbocycles. The Morgan fingerprint density at radius 2 is 2.39 bits per heavy atom. The first-order valence-corrected chi connectivity index (χ1v) is 6.05. The van der Waals surface area contributed by atoms with Gasteiger partial charge in [-0.25, -0.2) is 4.79 Å². The van der Waals surface area contributed by atoms with Gasteiger partial charge in [-0.1, -0.05) is 0 Å². The minimum absolute atomic E-state index is 0.0190. The number of carbonyl (C=O) groups excluding carboxylic acids is 2. The summed E-state index contributed by atoms with van der Waals surface area (Å²) in [6, 6.07) is 1.45. The zero-order valence-electron chi connectivity index (χ0n) is 10.9. The van der Waals surface area contributed by atoms with Crippen LogP contribution < -0.4 is 0 Å². The molecule has 0 bridgehead atoms. The molecule has 0 spiro atoms. The zero-order valence-corrected chi connectivity index (χ0v) is 10.9. The maximum atomic E-state index is 11.9. The summed E-state index contributed by atoms with van der Waals surface area (Å²) in [7, 11) is 0. The van der Waals surface area contributed by atoms with Gasteiger partial charge in [0.25, 0.3) is 0 Å². The van der Waals surface area contributed by atoms with Crippen molar-refractivity contribution in [1.82, 2.24) is 4.90 Å². The van der Waals surface area contributed by atoms with Crippen molar-refractivity contribution in [2.24, 2.45) is 5.92 Å². The monoisotopic (exact) mass is 250 g/mol. The van der Waals surface area contributed by atoms with Crippen LogP contribution in [0, 0.1) is 17.2 Å². The van der Waals surface area contributed by atoms with E-state index in [-0.39, 0.29) is 12.6 Å². The molecule has 1 heterocycles. The van der Waals surface area contributed by atoms with Crippen LogP contribution in [0.5, 0.6) is 0 Å². The fourth-order valence-electron chi connectivity index (χ4n) is 2.09. The number of esters is 1. The Hall–Kier alpha value is -1.83. The number of nitrogens with zero attached hydrogens (tertiary/aromatic N) is 2. The Bertz CT molecular complexity index is 396. The number of rotatable bonds is 4. The molecule has 0 radical (unpaired) electrons. The highest BCUT2D eigenvalue weighted by atomic mass is 16.5. The molecule has 5 nitrogen and oxygen atoms in total. The van der Waals surface area contributed by atoms with Gasteiger partial charge in [0.15, 0.2) is 0 Å². The molecule has 1 aliphatic rings. The number of aldehydes is 1. The first kappa shape index (κ1) is 14.2. The molecule has 0 saturated carbocycles. The van der Waals surface area contributed by atoms with Crippen molar-refractivity contribution in [2.75, 3.05) is 6.61 Å². The van der Waals surface area contributed by atoms with Crippen molar-refractivity contribution >= 4 is 12.3 Å². The lowest BCUT2D eigenvalue weighted by Gasteiger charge is -2.38. The number of carbonyl (C=O) groups is 2. The molecular formula is C13H18N2O3. The second kappa shape index (κ2) is 6.20. The van der Waals surface area contributed by atoms with E-state index in [0.717, 1.165) is 6.29 Å². The molecule has 18 heavy (non-hydrogen) atoms. The molecule has 2 atom stereocenters. The summed E-state index contributed by atoms with van der Waals surface area (Å²) < 4.78 is 5.01. The van der Waals surface area contributed by atoms with E-state index < -0.39 is 17.9 Å². The van der Waals surface area contributed by atoms with Crippen molar-refractivity contribution in [3.63, 3.8) is 0 Å². The van der Waals surface area contributed by atoms with E-state index in [1.54, 1.807) is 18.0 Å². The first-order chi connectivity index (χ1) is 8.54. The Morgan fingerprint density at radius 1 is 1.72 bits per heavy atom. The van der Waals surface area contributed by atoms with Crippen LogP contribution in [-0.4, -0.2) is 35.8 Å². The summed E-state index contributed by atoms with van der Waals surface area (Å²) in [6.07, 6.45) is 2.69. The molecule has 0 fully saturated rings. The molecule has 0 aromatic heterocycles. The van der Waals surface area contributed by atoms with E-state index in [1.165, 1.54) is 0 Å². The van der Waals surface area contributed by atoms with Crippen molar-refractivity contribution in [2.45, 2.75) is 39.3 Å². The van der Waals surface area contributed by atoms with Crippen molar-refractivity contribution in [3.8, 4) is 6.07 Å². The van der Waals surface area contributed by atoms with Crippen LogP contribution in [0.25, 0.3) is 0 Å². The van der Waals surface area contributed by atoms with Crippen LogP contribution in [0.15, 0.2) is 11.8 Å². The van der Waals surface area contributed by atoms with Crippen LogP contribution >= 0.6 is 0 Å². The molecule has 0 aliphatic carbocycles. The Morgan fingerprint density at radius 3 is 2.83 bits per heavy atom. The van der Waals surface area contributed by atoms with Crippen LogP contribution in [0.1, 0.15) is 27.2 Å². The Kier molecular flexibility index (Phi) is 4.90. The van der Waals surface area contributed by atoms with Gasteiger partial charge in [-0.15, -0.1) is 0 Å². The molecule has 98 valence electrons. The number of nitriles is 1. The van der Waals surface area contributed by atoms with Gasteiger partial charge in [-0.05, 0) is 27.2 Å². The highest BCUT2D eigenvalue weighted by Crippen LogP contribution is 2.27. The van der Waals surface area contributed by atoms with Gasteiger partial charge in [-0.3, -0.25) is 0 Å². The van der Waals surface area contributed by atoms with E-state index in [2.05, 4.69) is 6.07 Å². The van der Waals surface area contributed by atoms with Gasteiger partial charge in [0.1, 0.15) is 12.3 Å². The van der Waals surface area contributed by atoms with Crippen LogP contribution in [0.2, 0.25) is 0 Å². The lowest BCUT2D eigenvalue weighted by atomic mass is 9.88. The largest absolute Gasteiger partial charge is 0.464 e. The second-order valence-corrected chi connectivity index (χ2v) is 4.51. The normalized spacial score (nSPS) is 23.3. The fourth-order valence-corrected chi connectivity index (χ4v) is 2.09. The maximum absolute atomic E-state index is 11.9. The van der Waals surface area contributed by atoms with E-state index in [9.17, 15) is 9.59 Å². The molecule has 1 rings (SSSR count). The minimum Gasteiger partial charge on any atom is -0.464 e. The van der Waals surface area contributed by atoms with Gasteiger partial charge in [0, 0.05) is 17.8 Å². The van der Waals surface area contributed by atoms with E-state index in [1.807, 2.05) is 13.8 Å². The fraction of sp³-hybridized carbons (Fsp3) is 0.615. The molecule has 5 heteroatoms. The predicted octanol–water partition coefficient (Wildman–Crippen LogP) is 1.25. The molecule has 0 saturated heterocycles. The standard InChI is InChI=1S/C13H18N2O3/c1-4-18-13(17)12-11(8-16)5-10(6-14)7-15(12)9(2)3/h7-9,11-12H,4-5H2,1-3H3/t11-,12+/m1/s1. The van der Waals surface area contributed by atoms with E-state index in [4.69, 9.17) is 10.00 Å². The third-order valence-corrected chi connectivity index (χ3v) is 2.93. The van der Waals surface area contributed by atoms with Gasteiger partial charge < -0.3 is 14.4 Å². The topological polar surface area (TPSA) is 70.4 Å². The van der Waals surface area contributed by atoms with Gasteiger partial charge in [0.05, 0.1) is 18.6 Å². The number of allylic oxidation sites excluding steroid dienone is 1. The quantitative estimate of drug-likeness (QED) is 0.555. The highest BCUT2D eigenvalue weighted by molar-refractivity contribution is 5.81. The third-order valence-electron chi connectivity index (χ3n) is 2.93. The van der Waals surface area contributed by atoms with Gasteiger partial charge in [0.2, 0.25) is 0 Å². The maximum Gasteiger partial charge on any atom is 0.329 e. The summed E-state index contributed by atoms with van der Waals surface area (Å²) in [4.78, 5) is 24.8. The SMILES string of the molecule is CCOC(=O)[C@@H]1[C@@H](C=O)CC(C#N)=CN1C(C)C. The molecule has 0 amide bonds. The second-order valence-electron chi connectivity index (χ2n) is 4.51. The van der Waals surface area contributed by atoms with E-state index >= 15 is 0 Å². The lowest BCUT2D eigenvalue weighted by molar-refractivity contribution is -0.152. The summed E-state index contributed by atoms with van der Waals surface area (Å²) >= 11 is 0. The smallest absolute Gasteiger partial charge is 0.329 e. The average molecular weight is 250 g/mol. The molecule has 0 N–H and O–H groups in total. The van der Waals surface area contributed by atoms with Crippen LogP contribution in [0.4, 0.5) is 0 Å². The molecule has 0 aromatic rings. The van der Waals surface area contributed by atoms with Crippen molar-refractivity contribution < 1.29 is 14.3 Å². The summed E-state index contributed by atoms with van der Waals surface area (Å²) in [5, 5.41) is 8.96. The number of hydrogen-bond acceptors (Lipinski definition) is 5. The number of hydrogen-bond donors (Lipinski definition) is 0. The Balaban J connectivity index is 3.08. The van der Waals surface area contributed by atoms with E-state index in [0.29, 0.717) is 12.0 Å².